The van der Waals surface area contributed by atoms with Crippen molar-refractivity contribution in [1.29, 1.82) is 0 Å². The SMILES string of the molecule is COC(=O)c1cccc(NC(=O)c2cccc(C(=O)N3CCCC(C)C3)n2)c1. The zero-order valence-corrected chi connectivity index (χ0v) is 16.0. The van der Waals surface area contributed by atoms with Gasteiger partial charge in [0, 0.05) is 18.8 Å². The number of benzene rings is 1. The highest BCUT2D eigenvalue weighted by molar-refractivity contribution is 6.04. The summed E-state index contributed by atoms with van der Waals surface area (Å²) in [6.07, 6.45) is 2.09. The molecular formula is C21H23N3O4. The first-order valence-electron chi connectivity index (χ1n) is 9.24. The highest BCUT2D eigenvalue weighted by Crippen LogP contribution is 2.18. The molecule has 1 fully saturated rings. The van der Waals surface area contributed by atoms with Crippen LogP contribution in [0.3, 0.4) is 0 Å². The summed E-state index contributed by atoms with van der Waals surface area (Å²) in [5.41, 5.74) is 1.16. The molecule has 7 heteroatoms. The van der Waals surface area contributed by atoms with Crippen LogP contribution in [-0.2, 0) is 4.74 Å². The minimum Gasteiger partial charge on any atom is -0.465 e. The second-order valence-corrected chi connectivity index (χ2v) is 6.93. The average molecular weight is 381 g/mol. The molecule has 0 spiro atoms. The third-order valence-corrected chi connectivity index (χ3v) is 4.69. The molecule has 3 rings (SSSR count). The van der Waals surface area contributed by atoms with Crippen LogP contribution in [0.15, 0.2) is 42.5 Å². The van der Waals surface area contributed by atoms with Gasteiger partial charge in [0.15, 0.2) is 0 Å². The minimum absolute atomic E-state index is 0.138. The van der Waals surface area contributed by atoms with Crippen LogP contribution in [0, 0.1) is 5.92 Å². The van der Waals surface area contributed by atoms with Gasteiger partial charge in [-0.05, 0) is 49.1 Å². The van der Waals surface area contributed by atoms with Gasteiger partial charge in [0.2, 0.25) is 0 Å². The maximum absolute atomic E-state index is 12.7. The maximum Gasteiger partial charge on any atom is 0.337 e. The van der Waals surface area contributed by atoms with E-state index in [1.165, 1.54) is 13.2 Å². The number of methoxy groups -OCH3 is 1. The fourth-order valence-electron chi connectivity index (χ4n) is 3.25. The Labute approximate surface area is 163 Å². The number of esters is 1. The number of ether oxygens (including phenoxy) is 1. The number of aromatic nitrogens is 1. The number of carbonyl (C=O) groups excluding carboxylic acids is 3. The molecule has 1 atom stereocenters. The molecule has 1 aromatic carbocycles. The Morgan fingerprint density at radius 2 is 1.89 bits per heavy atom. The number of carbonyl (C=O) groups is 3. The average Bonchev–Trinajstić information content (AvgIpc) is 2.73. The van der Waals surface area contributed by atoms with E-state index in [4.69, 9.17) is 0 Å². The van der Waals surface area contributed by atoms with Gasteiger partial charge in [0.05, 0.1) is 12.7 Å². The largest absolute Gasteiger partial charge is 0.465 e. The number of amides is 2. The molecule has 0 aliphatic carbocycles. The van der Waals surface area contributed by atoms with Crippen LogP contribution in [0.1, 0.15) is 51.1 Å². The van der Waals surface area contributed by atoms with Gasteiger partial charge in [0.25, 0.3) is 11.8 Å². The van der Waals surface area contributed by atoms with Crippen molar-refractivity contribution >= 4 is 23.5 Å². The monoisotopic (exact) mass is 381 g/mol. The van der Waals surface area contributed by atoms with E-state index in [1.807, 2.05) is 0 Å². The Hall–Kier alpha value is -3.22. The van der Waals surface area contributed by atoms with E-state index in [9.17, 15) is 14.4 Å². The molecule has 1 saturated heterocycles. The first kappa shape index (κ1) is 19.5. The molecule has 2 aromatic rings. The third kappa shape index (κ3) is 4.54. The van der Waals surface area contributed by atoms with Crippen molar-refractivity contribution in [1.82, 2.24) is 9.88 Å². The van der Waals surface area contributed by atoms with Gasteiger partial charge in [-0.3, -0.25) is 9.59 Å². The molecule has 2 amide bonds. The van der Waals surface area contributed by atoms with Crippen LogP contribution < -0.4 is 5.32 Å². The van der Waals surface area contributed by atoms with E-state index >= 15 is 0 Å². The van der Waals surface area contributed by atoms with Crippen molar-refractivity contribution in [3.63, 3.8) is 0 Å². The highest BCUT2D eigenvalue weighted by atomic mass is 16.5. The summed E-state index contributed by atoms with van der Waals surface area (Å²) in [6, 6.07) is 11.2. The predicted octanol–water partition coefficient (Wildman–Crippen LogP) is 2.99. The molecule has 0 bridgehead atoms. The number of likely N-dealkylation sites (tertiary alicyclic amines) is 1. The maximum atomic E-state index is 12.7. The molecule has 1 aliphatic rings. The fourth-order valence-corrected chi connectivity index (χ4v) is 3.25. The second kappa shape index (κ2) is 8.65. The number of piperidine rings is 1. The first-order valence-corrected chi connectivity index (χ1v) is 9.24. The lowest BCUT2D eigenvalue weighted by Crippen LogP contribution is -2.39. The Bertz CT molecular complexity index is 897. The third-order valence-electron chi connectivity index (χ3n) is 4.69. The predicted molar refractivity (Wildman–Crippen MR) is 104 cm³/mol. The lowest BCUT2D eigenvalue weighted by molar-refractivity contribution is 0.0599. The summed E-state index contributed by atoms with van der Waals surface area (Å²) < 4.78 is 4.68. The summed E-state index contributed by atoms with van der Waals surface area (Å²) in [5, 5.41) is 2.70. The van der Waals surface area contributed by atoms with E-state index in [2.05, 4.69) is 22.0 Å². The molecule has 7 nitrogen and oxygen atoms in total. The molecule has 1 unspecified atom stereocenters. The number of nitrogens with one attached hydrogen (secondary N) is 1. The van der Waals surface area contributed by atoms with Gasteiger partial charge in [-0.15, -0.1) is 0 Å². The summed E-state index contributed by atoms with van der Waals surface area (Å²) in [7, 11) is 1.29. The van der Waals surface area contributed by atoms with Crippen LogP contribution in [0.4, 0.5) is 5.69 Å². The molecule has 146 valence electrons. The fraction of sp³-hybridized carbons (Fsp3) is 0.333. The van der Waals surface area contributed by atoms with Crippen molar-refractivity contribution in [2.45, 2.75) is 19.8 Å². The molecule has 1 N–H and O–H groups in total. The van der Waals surface area contributed by atoms with E-state index in [0.717, 1.165) is 12.8 Å². The summed E-state index contributed by atoms with van der Waals surface area (Å²) >= 11 is 0. The number of hydrogen-bond donors (Lipinski definition) is 1. The van der Waals surface area contributed by atoms with Gasteiger partial charge in [0.1, 0.15) is 11.4 Å². The van der Waals surface area contributed by atoms with Crippen molar-refractivity contribution in [3.8, 4) is 0 Å². The van der Waals surface area contributed by atoms with Crippen molar-refractivity contribution < 1.29 is 19.1 Å². The van der Waals surface area contributed by atoms with Gasteiger partial charge in [-0.25, -0.2) is 9.78 Å². The van der Waals surface area contributed by atoms with Crippen LogP contribution in [0.25, 0.3) is 0 Å². The number of nitrogens with zero attached hydrogens (tertiary/aromatic N) is 2. The van der Waals surface area contributed by atoms with Gasteiger partial charge in [-0.1, -0.05) is 19.1 Å². The van der Waals surface area contributed by atoms with E-state index < -0.39 is 11.9 Å². The smallest absolute Gasteiger partial charge is 0.337 e. The number of anilines is 1. The number of hydrogen-bond acceptors (Lipinski definition) is 5. The number of pyridine rings is 1. The quantitative estimate of drug-likeness (QED) is 0.823. The van der Waals surface area contributed by atoms with Crippen molar-refractivity contribution in [3.05, 3.63) is 59.4 Å². The molecule has 28 heavy (non-hydrogen) atoms. The Morgan fingerprint density at radius 3 is 2.64 bits per heavy atom. The normalized spacial score (nSPS) is 16.4. The molecule has 0 saturated carbocycles. The zero-order valence-electron chi connectivity index (χ0n) is 16.0. The Balaban J connectivity index is 1.74. The number of rotatable bonds is 4. The van der Waals surface area contributed by atoms with Crippen LogP contribution in [-0.4, -0.2) is 47.9 Å². The van der Waals surface area contributed by atoms with Gasteiger partial charge < -0.3 is 15.0 Å². The van der Waals surface area contributed by atoms with Crippen molar-refractivity contribution in [2.24, 2.45) is 5.92 Å². The lowest BCUT2D eigenvalue weighted by atomic mass is 10.00. The van der Waals surface area contributed by atoms with Crippen LogP contribution >= 0.6 is 0 Å². The molecule has 0 radical (unpaired) electrons. The zero-order chi connectivity index (χ0) is 20.1. The minimum atomic E-state index is -0.488. The second-order valence-electron chi connectivity index (χ2n) is 6.93. The van der Waals surface area contributed by atoms with Crippen LogP contribution in [0.5, 0.6) is 0 Å². The van der Waals surface area contributed by atoms with Gasteiger partial charge in [-0.2, -0.15) is 0 Å². The summed E-state index contributed by atoms with van der Waals surface area (Å²) in [4.78, 5) is 42.9. The summed E-state index contributed by atoms with van der Waals surface area (Å²) in [6.45, 7) is 3.54. The first-order chi connectivity index (χ1) is 13.5. The topological polar surface area (TPSA) is 88.6 Å². The lowest BCUT2D eigenvalue weighted by Gasteiger charge is -2.30. The highest BCUT2D eigenvalue weighted by Gasteiger charge is 2.23. The molecule has 2 heterocycles. The Kier molecular flexibility index (Phi) is 6.03. The molecule has 1 aliphatic heterocycles. The Morgan fingerprint density at radius 1 is 1.14 bits per heavy atom. The van der Waals surface area contributed by atoms with Crippen molar-refractivity contribution in [2.75, 3.05) is 25.5 Å². The van der Waals surface area contributed by atoms with E-state index in [-0.39, 0.29) is 17.3 Å². The van der Waals surface area contributed by atoms with E-state index in [1.54, 1.807) is 41.3 Å². The molecule has 1 aromatic heterocycles. The van der Waals surface area contributed by atoms with Crippen LogP contribution in [0.2, 0.25) is 0 Å². The van der Waals surface area contributed by atoms with E-state index in [0.29, 0.717) is 30.3 Å². The van der Waals surface area contributed by atoms with Gasteiger partial charge >= 0.3 is 5.97 Å². The standard InChI is InChI=1S/C21H23N3O4/c1-14-6-5-11-24(13-14)20(26)18-10-4-9-17(23-18)19(25)22-16-8-3-7-15(12-16)21(27)28-2/h3-4,7-10,12,14H,5-6,11,13H2,1-2H3,(H,22,25). The summed E-state index contributed by atoms with van der Waals surface area (Å²) in [5.74, 6) is -0.638. The molecular weight excluding hydrogens is 358 g/mol.